The first kappa shape index (κ1) is 14.4. The molecule has 0 saturated carbocycles. The molecule has 1 N–H and O–H groups in total. The van der Waals surface area contributed by atoms with Crippen molar-refractivity contribution in [2.75, 3.05) is 24.5 Å². The first-order valence-electron chi connectivity index (χ1n) is 7.74. The molecule has 1 saturated heterocycles. The summed E-state index contributed by atoms with van der Waals surface area (Å²) >= 11 is 0. The summed E-state index contributed by atoms with van der Waals surface area (Å²) in [6.45, 7) is 12.6. The van der Waals surface area contributed by atoms with E-state index >= 15 is 0 Å². The molecule has 0 aliphatic carbocycles. The molecule has 0 bridgehead atoms. The minimum atomic E-state index is 0.496. The first-order chi connectivity index (χ1) is 9.15. The summed E-state index contributed by atoms with van der Waals surface area (Å²) in [5.74, 6) is 1.62. The smallest absolute Gasteiger partial charge is 0.0366 e. The lowest BCUT2D eigenvalue weighted by atomic mass is 10.0. The minimum absolute atomic E-state index is 0.496. The Labute approximate surface area is 118 Å². The summed E-state index contributed by atoms with van der Waals surface area (Å²) in [4.78, 5) is 2.52. The van der Waals surface area contributed by atoms with Gasteiger partial charge in [0.1, 0.15) is 0 Å². The summed E-state index contributed by atoms with van der Waals surface area (Å²) in [6, 6.07) is 9.66. The van der Waals surface area contributed by atoms with E-state index in [1.165, 1.54) is 24.3 Å². The molecule has 106 valence electrons. The van der Waals surface area contributed by atoms with Gasteiger partial charge in [0, 0.05) is 24.8 Å². The van der Waals surface area contributed by atoms with Gasteiger partial charge in [0.2, 0.25) is 0 Å². The highest BCUT2D eigenvalue weighted by Gasteiger charge is 2.26. The topological polar surface area (TPSA) is 15.3 Å². The van der Waals surface area contributed by atoms with Gasteiger partial charge < -0.3 is 10.2 Å². The molecule has 1 aliphatic rings. The van der Waals surface area contributed by atoms with E-state index in [4.69, 9.17) is 0 Å². The van der Waals surface area contributed by atoms with Crippen molar-refractivity contribution in [3.63, 3.8) is 0 Å². The fraction of sp³-hybridized carbons (Fsp3) is 0.647. The summed E-state index contributed by atoms with van der Waals surface area (Å²) in [6.07, 6.45) is 1.14. The predicted molar refractivity (Wildman–Crippen MR) is 83.7 cm³/mol. The Hall–Kier alpha value is -1.02. The molecule has 0 aromatic heterocycles. The van der Waals surface area contributed by atoms with Gasteiger partial charge in [0.05, 0.1) is 0 Å². The van der Waals surface area contributed by atoms with Crippen molar-refractivity contribution < 1.29 is 0 Å². The van der Waals surface area contributed by atoms with Crippen molar-refractivity contribution >= 4 is 5.69 Å². The van der Waals surface area contributed by atoms with Gasteiger partial charge in [-0.15, -0.1) is 0 Å². The van der Waals surface area contributed by atoms with Crippen LogP contribution in [-0.4, -0.2) is 19.6 Å². The molecule has 0 radical (unpaired) electrons. The van der Waals surface area contributed by atoms with Crippen molar-refractivity contribution in [2.24, 2.45) is 11.8 Å². The monoisotopic (exact) mass is 260 g/mol. The van der Waals surface area contributed by atoms with Crippen LogP contribution >= 0.6 is 0 Å². The van der Waals surface area contributed by atoms with E-state index in [0.717, 1.165) is 24.8 Å². The Morgan fingerprint density at radius 1 is 1.11 bits per heavy atom. The van der Waals surface area contributed by atoms with Gasteiger partial charge in [-0.3, -0.25) is 0 Å². The first-order valence-corrected chi connectivity index (χ1v) is 7.74. The van der Waals surface area contributed by atoms with Crippen LogP contribution in [0.5, 0.6) is 0 Å². The van der Waals surface area contributed by atoms with E-state index in [9.17, 15) is 0 Å². The molecule has 3 atom stereocenters. The molecule has 2 heteroatoms. The van der Waals surface area contributed by atoms with Crippen LogP contribution in [0.2, 0.25) is 0 Å². The maximum Gasteiger partial charge on any atom is 0.0366 e. The fourth-order valence-corrected chi connectivity index (χ4v) is 3.00. The van der Waals surface area contributed by atoms with Crippen LogP contribution in [0, 0.1) is 11.8 Å². The number of hydrogen-bond donors (Lipinski definition) is 1. The van der Waals surface area contributed by atoms with Gasteiger partial charge in [0.15, 0.2) is 0 Å². The second-order valence-electron chi connectivity index (χ2n) is 5.97. The number of benzene rings is 1. The third kappa shape index (κ3) is 3.30. The second-order valence-corrected chi connectivity index (χ2v) is 5.97. The normalized spacial score (nSPS) is 24.7. The number of rotatable bonds is 5. The quantitative estimate of drug-likeness (QED) is 0.865. The second kappa shape index (κ2) is 6.42. The fourth-order valence-electron chi connectivity index (χ4n) is 3.00. The van der Waals surface area contributed by atoms with Crippen LogP contribution in [0.1, 0.15) is 45.7 Å². The van der Waals surface area contributed by atoms with Gasteiger partial charge in [-0.2, -0.15) is 0 Å². The lowest BCUT2D eigenvalue weighted by molar-refractivity contribution is 0.494. The van der Waals surface area contributed by atoms with Crippen LogP contribution in [0.15, 0.2) is 24.3 Å². The molecular weight excluding hydrogens is 232 g/mol. The van der Waals surface area contributed by atoms with Crippen LogP contribution in [0.3, 0.4) is 0 Å². The zero-order chi connectivity index (χ0) is 13.8. The summed E-state index contributed by atoms with van der Waals surface area (Å²) in [5, 5.41) is 3.54. The van der Waals surface area contributed by atoms with Gasteiger partial charge in [-0.25, -0.2) is 0 Å². The van der Waals surface area contributed by atoms with Crippen LogP contribution in [-0.2, 0) is 0 Å². The Morgan fingerprint density at radius 3 is 2.16 bits per heavy atom. The van der Waals surface area contributed by atoms with Crippen molar-refractivity contribution in [1.82, 2.24) is 5.32 Å². The average Bonchev–Trinajstić information content (AvgIpc) is 2.76. The lowest BCUT2D eigenvalue weighted by Crippen LogP contribution is -2.21. The molecule has 19 heavy (non-hydrogen) atoms. The molecule has 2 nitrogen and oxygen atoms in total. The number of nitrogens with one attached hydrogen (secondary N) is 1. The van der Waals surface area contributed by atoms with Crippen LogP contribution < -0.4 is 10.2 Å². The van der Waals surface area contributed by atoms with E-state index < -0.39 is 0 Å². The molecular formula is C17H28N2. The Bertz CT molecular complexity index is 375. The van der Waals surface area contributed by atoms with Crippen molar-refractivity contribution in [1.29, 1.82) is 0 Å². The van der Waals surface area contributed by atoms with Gasteiger partial charge in [-0.1, -0.05) is 39.8 Å². The molecule has 1 aromatic rings. The van der Waals surface area contributed by atoms with E-state index in [-0.39, 0.29) is 0 Å². The van der Waals surface area contributed by atoms with Gasteiger partial charge in [0.25, 0.3) is 0 Å². The predicted octanol–water partition coefficient (Wildman–Crippen LogP) is 3.84. The highest BCUT2D eigenvalue weighted by Crippen LogP contribution is 2.28. The van der Waals surface area contributed by atoms with E-state index in [1.807, 2.05) is 0 Å². The molecule has 2 rings (SSSR count). The van der Waals surface area contributed by atoms with Crippen molar-refractivity contribution in [2.45, 2.75) is 40.2 Å². The Kier molecular flexibility index (Phi) is 4.87. The largest absolute Gasteiger partial charge is 0.371 e. The van der Waals surface area contributed by atoms with Gasteiger partial charge in [-0.05, 0) is 42.5 Å². The number of hydrogen-bond acceptors (Lipinski definition) is 2. The van der Waals surface area contributed by atoms with Gasteiger partial charge >= 0.3 is 0 Å². The molecule has 1 aliphatic heterocycles. The molecule has 1 fully saturated rings. The highest BCUT2D eigenvalue weighted by molar-refractivity contribution is 5.49. The number of anilines is 1. The maximum absolute atomic E-state index is 3.54. The van der Waals surface area contributed by atoms with Crippen molar-refractivity contribution in [3.05, 3.63) is 29.8 Å². The minimum Gasteiger partial charge on any atom is -0.371 e. The molecule has 0 amide bonds. The standard InChI is InChI=1S/C17H28N2/c1-5-17(18-6-2)15-7-9-16(10-8-15)19-11-13(3)14(4)12-19/h7-10,13-14,17-18H,5-6,11-12H2,1-4H3. The third-order valence-corrected chi connectivity index (χ3v) is 4.51. The Balaban J connectivity index is 2.06. The molecule has 1 aromatic carbocycles. The average molecular weight is 260 g/mol. The van der Waals surface area contributed by atoms with E-state index in [1.54, 1.807) is 0 Å². The van der Waals surface area contributed by atoms with Crippen LogP contribution in [0.25, 0.3) is 0 Å². The van der Waals surface area contributed by atoms with E-state index in [2.05, 4.69) is 62.2 Å². The summed E-state index contributed by atoms with van der Waals surface area (Å²) < 4.78 is 0. The maximum atomic E-state index is 3.54. The lowest BCUT2D eigenvalue weighted by Gasteiger charge is -2.21. The summed E-state index contributed by atoms with van der Waals surface area (Å²) in [5.41, 5.74) is 2.79. The molecule has 1 heterocycles. The third-order valence-electron chi connectivity index (χ3n) is 4.51. The Morgan fingerprint density at radius 2 is 1.68 bits per heavy atom. The number of nitrogens with zero attached hydrogens (tertiary/aromatic N) is 1. The zero-order valence-electron chi connectivity index (χ0n) is 12.8. The van der Waals surface area contributed by atoms with Crippen molar-refractivity contribution in [3.8, 4) is 0 Å². The SMILES string of the molecule is CCNC(CC)c1ccc(N2CC(C)C(C)C2)cc1. The van der Waals surface area contributed by atoms with Crippen LogP contribution in [0.4, 0.5) is 5.69 Å². The molecule has 3 unspecified atom stereocenters. The summed E-state index contributed by atoms with van der Waals surface area (Å²) in [7, 11) is 0. The van der Waals surface area contributed by atoms with E-state index in [0.29, 0.717) is 6.04 Å². The molecule has 0 spiro atoms. The highest BCUT2D eigenvalue weighted by atomic mass is 15.2. The zero-order valence-corrected chi connectivity index (χ0v) is 12.8.